The zero-order chi connectivity index (χ0) is 19.9. The topological polar surface area (TPSA) is 50.4 Å². The number of allylic oxidation sites excluding steroid dienone is 4. The Labute approximate surface area is 164 Å². The third-order valence-corrected chi connectivity index (χ3v) is 5.83. The first-order valence-electron chi connectivity index (χ1n) is 10.5. The van der Waals surface area contributed by atoms with Gasteiger partial charge in [-0.05, 0) is 76.3 Å². The Morgan fingerprint density at radius 2 is 2.22 bits per heavy atom. The molecule has 0 aromatic carbocycles. The van der Waals surface area contributed by atoms with Crippen molar-refractivity contribution in [3.8, 4) is 0 Å². The van der Waals surface area contributed by atoms with Crippen LogP contribution in [0, 0.1) is 5.92 Å². The van der Waals surface area contributed by atoms with Gasteiger partial charge < -0.3 is 9.52 Å². The number of ketones is 1. The number of fused-ring (bicyclic) bond motifs is 1. The van der Waals surface area contributed by atoms with Crippen LogP contribution in [0.15, 0.2) is 40.5 Å². The molecule has 0 amide bonds. The summed E-state index contributed by atoms with van der Waals surface area (Å²) in [6.07, 6.45) is 15.3. The molecular weight excluding hydrogens is 336 g/mol. The second-order valence-electron chi connectivity index (χ2n) is 8.51. The summed E-state index contributed by atoms with van der Waals surface area (Å²) in [7, 11) is 0. The third-order valence-electron chi connectivity index (χ3n) is 5.83. The fourth-order valence-corrected chi connectivity index (χ4v) is 4.00. The molecule has 2 rings (SSSR count). The van der Waals surface area contributed by atoms with Gasteiger partial charge in [-0.25, -0.2) is 0 Å². The van der Waals surface area contributed by atoms with Gasteiger partial charge in [0.05, 0.1) is 6.26 Å². The lowest BCUT2D eigenvalue weighted by molar-refractivity contribution is -0.128. The standard InChI is InChI=1S/C24H36O3/c1-5-21(25)22(26)17-19(3)10-6-9-18(2)11-7-14-24(4)15-8-12-20-13-16-27-23(20)24/h7,11,13-14,16,19,21,25H,5-6,8-10,12,15,17H2,1-4H3/t19-,21?,24+/m0/s1. The molecule has 27 heavy (non-hydrogen) atoms. The largest absolute Gasteiger partial charge is 0.468 e. The van der Waals surface area contributed by atoms with E-state index in [1.807, 2.05) is 13.2 Å². The van der Waals surface area contributed by atoms with Crippen LogP contribution in [0.1, 0.15) is 84.0 Å². The summed E-state index contributed by atoms with van der Waals surface area (Å²) in [4.78, 5) is 11.8. The maximum atomic E-state index is 11.8. The number of furan rings is 1. The van der Waals surface area contributed by atoms with Gasteiger partial charge in [-0.1, -0.05) is 37.6 Å². The number of carbonyl (C=O) groups is 1. The van der Waals surface area contributed by atoms with E-state index in [0.717, 1.165) is 37.9 Å². The molecule has 0 bridgehead atoms. The molecule has 1 aromatic heterocycles. The van der Waals surface area contributed by atoms with Gasteiger partial charge in [0, 0.05) is 11.8 Å². The van der Waals surface area contributed by atoms with Gasteiger partial charge in [-0.3, -0.25) is 4.79 Å². The monoisotopic (exact) mass is 372 g/mol. The Kier molecular flexibility index (Phi) is 8.09. The third kappa shape index (κ3) is 6.21. The fraction of sp³-hybridized carbons (Fsp3) is 0.625. The summed E-state index contributed by atoms with van der Waals surface area (Å²) in [5.41, 5.74) is 2.71. The number of rotatable bonds is 10. The van der Waals surface area contributed by atoms with E-state index >= 15 is 0 Å². The molecule has 1 aliphatic carbocycles. The van der Waals surface area contributed by atoms with E-state index in [0.29, 0.717) is 18.8 Å². The van der Waals surface area contributed by atoms with Crippen molar-refractivity contribution in [1.29, 1.82) is 0 Å². The van der Waals surface area contributed by atoms with Crippen molar-refractivity contribution in [3.05, 3.63) is 47.5 Å². The maximum Gasteiger partial charge on any atom is 0.161 e. The van der Waals surface area contributed by atoms with E-state index in [2.05, 4.69) is 45.1 Å². The van der Waals surface area contributed by atoms with Crippen molar-refractivity contribution in [2.24, 2.45) is 5.92 Å². The summed E-state index contributed by atoms with van der Waals surface area (Å²) in [6.45, 7) is 8.37. The predicted octanol–water partition coefficient (Wildman–Crippen LogP) is 5.91. The highest BCUT2D eigenvalue weighted by Gasteiger charge is 2.32. The molecule has 0 aliphatic heterocycles. The van der Waals surface area contributed by atoms with Crippen molar-refractivity contribution < 1.29 is 14.3 Å². The number of hydrogen-bond donors (Lipinski definition) is 1. The molecule has 0 saturated carbocycles. The van der Waals surface area contributed by atoms with E-state index in [9.17, 15) is 9.90 Å². The minimum atomic E-state index is -0.782. The van der Waals surface area contributed by atoms with Crippen LogP contribution < -0.4 is 0 Å². The van der Waals surface area contributed by atoms with E-state index in [1.54, 1.807) is 0 Å². The van der Waals surface area contributed by atoms with Crippen LogP contribution in [0.4, 0.5) is 0 Å². The highest BCUT2D eigenvalue weighted by molar-refractivity contribution is 5.82. The van der Waals surface area contributed by atoms with Crippen molar-refractivity contribution in [2.75, 3.05) is 0 Å². The van der Waals surface area contributed by atoms with E-state index < -0.39 is 6.10 Å². The summed E-state index contributed by atoms with van der Waals surface area (Å²) in [5.74, 6) is 1.45. The second kappa shape index (κ2) is 10.1. The number of aryl methyl sites for hydroxylation is 1. The highest BCUT2D eigenvalue weighted by atomic mass is 16.3. The van der Waals surface area contributed by atoms with Gasteiger partial charge in [0.1, 0.15) is 11.9 Å². The van der Waals surface area contributed by atoms with Crippen LogP contribution in [-0.4, -0.2) is 17.0 Å². The molecule has 3 heteroatoms. The average Bonchev–Trinajstić information content (AvgIpc) is 3.11. The summed E-state index contributed by atoms with van der Waals surface area (Å²) < 4.78 is 5.76. The quantitative estimate of drug-likeness (QED) is 0.519. The number of aliphatic hydroxyl groups excluding tert-OH is 1. The summed E-state index contributed by atoms with van der Waals surface area (Å²) in [5, 5.41) is 9.59. The lowest BCUT2D eigenvalue weighted by Crippen LogP contribution is -2.23. The summed E-state index contributed by atoms with van der Waals surface area (Å²) >= 11 is 0. The summed E-state index contributed by atoms with van der Waals surface area (Å²) in [6, 6.07) is 2.10. The minimum Gasteiger partial charge on any atom is -0.468 e. The molecule has 3 nitrogen and oxygen atoms in total. The Hall–Kier alpha value is -1.61. The highest BCUT2D eigenvalue weighted by Crippen LogP contribution is 2.38. The number of aliphatic hydroxyl groups is 1. The SMILES string of the molecule is CCC(O)C(=O)C[C@@H](C)CCCC(C)=CC=C[C@]1(C)CCCc2ccoc21. The van der Waals surface area contributed by atoms with E-state index in [1.165, 1.54) is 17.6 Å². The Bertz CT molecular complexity index is 667. The lowest BCUT2D eigenvalue weighted by atomic mass is 9.75. The van der Waals surface area contributed by atoms with Crippen LogP contribution in [0.3, 0.4) is 0 Å². The molecule has 1 aliphatic rings. The van der Waals surface area contributed by atoms with Crippen LogP contribution in [-0.2, 0) is 16.6 Å². The first kappa shape index (κ1) is 21.7. The normalized spacial score (nSPS) is 22.6. The van der Waals surface area contributed by atoms with Crippen molar-refractivity contribution in [3.63, 3.8) is 0 Å². The number of hydrogen-bond acceptors (Lipinski definition) is 3. The maximum absolute atomic E-state index is 11.8. The molecule has 1 unspecified atom stereocenters. The van der Waals surface area contributed by atoms with Crippen LogP contribution in [0.2, 0.25) is 0 Å². The van der Waals surface area contributed by atoms with Crippen LogP contribution in [0.5, 0.6) is 0 Å². The second-order valence-corrected chi connectivity index (χ2v) is 8.51. The first-order valence-corrected chi connectivity index (χ1v) is 10.5. The number of Topliss-reactive ketones (excluding diaryl/α,β-unsaturated/α-hetero) is 1. The smallest absolute Gasteiger partial charge is 0.161 e. The average molecular weight is 373 g/mol. The Morgan fingerprint density at radius 3 is 2.96 bits per heavy atom. The van der Waals surface area contributed by atoms with Gasteiger partial charge in [0.2, 0.25) is 0 Å². The fourth-order valence-electron chi connectivity index (χ4n) is 4.00. The van der Waals surface area contributed by atoms with Gasteiger partial charge in [-0.2, -0.15) is 0 Å². The molecule has 1 heterocycles. The van der Waals surface area contributed by atoms with Gasteiger partial charge in [0.15, 0.2) is 5.78 Å². The molecule has 0 fully saturated rings. The van der Waals surface area contributed by atoms with Crippen LogP contribution in [0.25, 0.3) is 0 Å². The van der Waals surface area contributed by atoms with Gasteiger partial charge in [0.25, 0.3) is 0 Å². The molecule has 0 radical (unpaired) electrons. The first-order chi connectivity index (χ1) is 12.9. The van der Waals surface area contributed by atoms with Gasteiger partial charge in [-0.15, -0.1) is 0 Å². The molecule has 1 aromatic rings. The minimum absolute atomic E-state index is 0.00283. The zero-order valence-corrected chi connectivity index (χ0v) is 17.5. The molecule has 1 N–H and O–H groups in total. The molecule has 0 spiro atoms. The zero-order valence-electron chi connectivity index (χ0n) is 17.5. The lowest BCUT2D eigenvalue weighted by Gasteiger charge is -2.29. The predicted molar refractivity (Wildman–Crippen MR) is 111 cm³/mol. The molecule has 150 valence electrons. The van der Waals surface area contributed by atoms with Crippen LogP contribution >= 0.6 is 0 Å². The molecule has 3 atom stereocenters. The van der Waals surface area contributed by atoms with E-state index in [-0.39, 0.29) is 11.2 Å². The number of carbonyl (C=O) groups excluding carboxylic acids is 1. The van der Waals surface area contributed by atoms with Crippen molar-refractivity contribution in [1.82, 2.24) is 0 Å². The van der Waals surface area contributed by atoms with Crippen molar-refractivity contribution >= 4 is 5.78 Å². The van der Waals surface area contributed by atoms with Gasteiger partial charge >= 0.3 is 0 Å². The molecular formula is C24H36O3. The molecule has 0 saturated heterocycles. The van der Waals surface area contributed by atoms with E-state index in [4.69, 9.17) is 4.42 Å². The Morgan fingerprint density at radius 1 is 1.44 bits per heavy atom. The van der Waals surface area contributed by atoms with Crippen molar-refractivity contribution in [2.45, 2.75) is 90.6 Å². The Balaban J connectivity index is 1.78.